The largest absolute Gasteiger partial charge is 0.361 e. The van der Waals surface area contributed by atoms with Gasteiger partial charge in [0.15, 0.2) is 0 Å². The van der Waals surface area contributed by atoms with E-state index in [-0.39, 0.29) is 11.8 Å². The monoisotopic (exact) mass is 334 g/mol. The first kappa shape index (κ1) is 15.4. The first-order valence-electron chi connectivity index (χ1n) is 8.14. The number of carbonyl (C=O) groups excluding carboxylic acids is 2. The number of H-pyrrole nitrogens is 1. The molecular formula is C19H18N4O2. The van der Waals surface area contributed by atoms with Crippen molar-refractivity contribution in [2.75, 3.05) is 11.6 Å². The predicted octanol–water partition coefficient (Wildman–Crippen LogP) is 1.90. The fourth-order valence-corrected chi connectivity index (χ4v) is 3.46. The first-order chi connectivity index (χ1) is 12.2. The van der Waals surface area contributed by atoms with E-state index in [1.807, 2.05) is 36.5 Å². The van der Waals surface area contributed by atoms with Gasteiger partial charge >= 0.3 is 0 Å². The summed E-state index contributed by atoms with van der Waals surface area (Å²) >= 11 is 0. The smallest absolute Gasteiger partial charge is 0.254 e. The number of carbonyl (C=O) groups is 2. The Morgan fingerprint density at radius 3 is 2.60 bits per heavy atom. The quantitative estimate of drug-likeness (QED) is 0.296. The number of fused-ring (bicyclic) bond motifs is 1. The van der Waals surface area contributed by atoms with E-state index in [2.05, 4.69) is 10.3 Å². The van der Waals surface area contributed by atoms with Gasteiger partial charge in [-0.25, -0.2) is 10.9 Å². The summed E-state index contributed by atoms with van der Waals surface area (Å²) in [4.78, 5) is 28.5. The molecule has 0 saturated carbocycles. The number of hydrogen-bond donors (Lipinski definition) is 3. The summed E-state index contributed by atoms with van der Waals surface area (Å²) in [5.41, 5.74) is 2.49. The van der Waals surface area contributed by atoms with Gasteiger partial charge < -0.3 is 10.3 Å². The molecule has 2 amide bonds. The van der Waals surface area contributed by atoms with Crippen LogP contribution < -0.4 is 16.2 Å². The number of anilines is 1. The van der Waals surface area contributed by atoms with Crippen LogP contribution in [0.2, 0.25) is 0 Å². The second kappa shape index (κ2) is 6.07. The Hall–Kier alpha value is -3.12. The highest BCUT2D eigenvalue weighted by Gasteiger charge is 2.43. The number of amides is 2. The number of nitrogens with zero attached hydrogens (tertiary/aromatic N) is 1. The molecule has 1 aliphatic heterocycles. The van der Waals surface area contributed by atoms with Crippen molar-refractivity contribution in [3.05, 3.63) is 66.4 Å². The lowest BCUT2D eigenvalue weighted by atomic mass is 9.87. The van der Waals surface area contributed by atoms with Crippen LogP contribution in [0.4, 0.5) is 5.69 Å². The molecule has 0 radical (unpaired) electrons. The van der Waals surface area contributed by atoms with Crippen molar-refractivity contribution in [3.63, 3.8) is 0 Å². The van der Waals surface area contributed by atoms with E-state index in [9.17, 15) is 9.59 Å². The SMILES string of the molecule is NN(C(=O)C1C(=O)NCC1c1c[nH]c2ccccc12)c1ccccc1. The molecule has 2 heterocycles. The molecule has 4 rings (SSSR count). The third-order valence-electron chi connectivity index (χ3n) is 4.74. The van der Waals surface area contributed by atoms with Gasteiger partial charge in [-0.2, -0.15) is 0 Å². The van der Waals surface area contributed by atoms with Gasteiger partial charge in [0.05, 0.1) is 5.69 Å². The zero-order chi connectivity index (χ0) is 17.4. The molecule has 2 aromatic carbocycles. The molecular weight excluding hydrogens is 316 g/mol. The number of nitrogens with two attached hydrogens (primary N) is 1. The second-order valence-corrected chi connectivity index (χ2v) is 6.16. The van der Waals surface area contributed by atoms with E-state index >= 15 is 0 Å². The molecule has 6 nitrogen and oxygen atoms in total. The molecule has 1 aromatic heterocycles. The molecule has 3 aromatic rings. The van der Waals surface area contributed by atoms with Crippen LogP contribution in [-0.2, 0) is 9.59 Å². The molecule has 6 heteroatoms. The molecule has 126 valence electrons. The Kier molecular flexibility index (Phi) is 3.74. The van der Waals surface area contributed by atoms with Gasteiger partial charge in [-0.05, 0) is 23.8 Å². The topological polar surface area (TPSA) is 91.2 Å². The van der Waals surface area contributed by atoms with Crippen molar-refractivity contribution in [1.82, 2.24) is 10.3 Å². The maximum Gasteiger partial charge on any atom is 0.254 e. The summed E-state index contributed by atoms with van der Waals surface area (Å²) < 4.78 is 0. The van der Waals surface area contributed by atoms with Crippen molar-refractivity contribution >= 4 is 28.4 Å². The van der Waals surface area contributed by atoms with Gasteiger partial charge in [0.1, 0.15) is 5.92 Å². The predicted molar refractivity (Wildman–Crippen MR) is 95.7 cm³/mol. The van der Waals surface area contributed by atoms with Crippen molar-refractivity contribution in [2.24, 2.45) is 11.8 Å². The fourth-order valence-electron chi connectivity index (χ4n) is 3.46. The van der Waals surface area contributed by atoms with Gasteiger partial charge in [-0.15, -0.1) is 0 Å². The average molecular weight is 334 g/mol. The number of hydrazine groups is 1. The van der Waals surface area contributed by atoms with E-state index in [1.165, 1.54) is 0 Å². The molecule has 0 bridgehead atoms. The van der Waals surface area contributed by atoms with Crippen LogP contribution in [0.15, 0.2) is 60.8 Å². The maximum absolute atomic E-state index is 12.9. The highest BCUT2D eigenvalue weighted by atomic mass is 16.2. The Morgan fingerprint density at radius 1 is 1.08 bits per heavy atom. The average Bonchev–Trinajstić information content (AvgIpc) is 3.24. The van der Waals surface area contributed by atoms with Crippen LogP contribution in [0.25, 0.3) is 10.9 Å². The Labute approximate surface area is 144 Å². The summed E-state index contributed by atoms with van der Waals surface area (Å²) in [7, 11) is 0. The van der Waals surface area contributed by atoms with E-state index < -0.39 is 11.8 Å². The number of aromatic amines is 1. The van der Waals surface area contributed by atoms with Crippen LogP contribution in [0, 0.1) is 5.92 Å². The van der Waals surface area contributed by atoms with Gasteiger partial charge in [-0.1, -0.05) is 36.4 Å². The normalized spacial score (nSPS) is 19.8. The van der Waals surface area contributed by atoms with Crippen LogP contribution in [-0.4, -0.2) is 23.3 Å². The van der Waals surface area contributed by atoms with E-state index in [4.69, 9.17) is 5.84 Å². The number of hydrogen-bond acceptors (Lipinski definition) is 3. The molecule has 0 spiro atoms. The fraction of sp³-hybridized carbons (Fsp3) is 0.158. The first-order valence-corrected chi connectivity index (χ1v) is 8.14. The maximum atomic E-state index is 12.9. The third-order valence-corrected chi connectivity index (χ3v) is 4.74. The molecule has 1 aliphatic rings. The number of para-hydroxylation sites is 2. The van der Waals surface area contributed by atoms with Crippen LogP contribution in [0.5, 0.6) is 0 Å². The van der Waals surface area contributed by atoms with Crippen molar-refractivity contribution in [1.29, 1.82) is 0 Å². The third kappa shape index (κ3) is 2.56. The van der Waals surface area contributed by atoms with Gasteiger partial charge in [0.25, 0.3) is 5.91 Å². The molecule has 2 unspecified atom stereocenters. The lowest BCUT2D eigenvalue weighted by Crippen LogP contribution is -2.45. The van der Waals surface area contributed by atoms with Crippen molar-refractivity contribution < 1.29 is 9.59 Å². The van der Waals surface area contributed by atoms with E-state index in [0.717, 1.165) is 21.5 Å². The molecule has 4 N–H and O–H groups in total. The minimum Gasteiger partial charge on any atom is -0.361 e. The van der Waals surface area contributed by atoms with Gasteiger partial charge in [-0.3, -0.25) is 9.59 Å². The number of aromatic nitrogens is 1. The number of rotatable bonds is 3. The zero-order valence-electron chi connectivity index (χ0n) is 13.5. The minimum absolute atomic E-state index is 0.258. The highest BCUT2D eigenvalue weighted by Crippen LogP contribution is 2.35. The summed E-state index contributed by atoms with van der Waals surface area (Å²) in [5, 5.41) is 4.89. The Morgan fingerprint density at radius 2 is 1.80 bits per heavy atom. The summed E-state index contributed by atoms with van der Waals surface area (Å²) in [6.45, 7) is 0.416. The highest BCUT2D eigenvalue weighted by molar-refractivity contribution is 6.09. The van der Waals surface area contributed by atoms with Crippen molar-refractivity contribution in [3.8, 4) is 0 Å². The van der Waals surface area contributed by atoms with E-state index in [1.54, 1.807) is 24.3 Å². The Bertz CT molecular complexity index is 935. The zero-order valence-corrected chi connectivity index (χ0v) is 13.5. The summed E-state index contributed by atoms with van der Waals surface area (Å²) in [5.74, 6) is 4.21. The molecule has 25 heavy (non-hydrogen) atoms. The molecule has 2 atom stereocenters. The second-order valence-electron chi connectivity index (χ2n) is 6.16. The summed E-state index contributed by atoms with van der Waals surface area (Å²) in [6, 6.07) is 16.8. The molecule has 1 saturated heterocycles. The standard InChI is InChI=1S/C19H18N4O2/c20-23(12-6-2-1-3-7-12)19(25)17-15(11-22-18(17)24)14-10-21-16-9-5-4-8-13(14)16/h1-10,15,17,21H,11,20H2,(H,22,24). The minimum atomic E-state index is -0.843. The van der Waals surface area contributed by atoms with Crippen LogP contribution >= 0.6 is 0 Å². The van der Waals surface area contributed by atoms with Gasteiger partial charge in [0, 0.05) is 29.6 Å². The number of nitrogens with one attached hydrogen (secondary N) is 2. The summed E-state index contributed by atoms with van der Waals surface area (Å²) in [6.07, 6.45) is 1.87. The van der Waals surface area contributed by atoms with Crippen molar-refractivity contribution in [2.45, 2.75) is 5.92 Å². The van der Waals surface area contributed by atoms with E-state index in [0.29, 0.717) is 12.2 Å². The lowest BCUT2D eigenvalue weighted by molar-refractivity contribution is -0.131. The Balaban J connectivity index is 1.69. The molecule has 1 fully saturated rings. The molecule has 0 aliphatic carbocycles. The van der Waals surface area contributed by atoms with Crippen LogP contribution in [0.1, 0.15) is 11.5 Å². The number of benzene rings is 2. The van der Waals surface area contributed by atoms with Crippen LogP contribution in [0.3, 0.4) is 0 Å². The van der Waals surface area contributed by atoms with Gasteiger partial charge in [0.2, 0.25) is 5.91 Å². The lowest BCUT2D eigenvalue weighted by Gasteiger charge is -2.22.